The molecule has 0 aliphatic heterocycles. The number of aryl methyl sites for hydroxylation is 3. The van der Waals surface area contributed by atoms with Crippen molar-refractivity contribution >= 4 is 32.2 Å². The van der Waals surface area contributed by atoms with Gasteiger partial charge in [-0.15, -0.1) is 0 Å². The summed E-state index contributed by atoms with van der Waals surface area (Å²) in [6.07, 6.45) is -4.27. The third-order valence-corrected chi connectivity index (χ3v) is 20.0. The molecule has 17 nitrogen and oxygen atoms in total. The Bertz CT molecular complexity index is 2950. The number of carbonyl (C=O) groups is 4. The van der Waals surface area contributed by atoms with E-state index in [4.69, 9.17) is 23.4 Å². The zero-order chi connectivity index (χ0) is 57.5. The van der Waals surface area contributed by atoms with Crippen molar-refractivity contribution in [3.8, 4) is 46.0 Å². The largest absolute Gasteiger partial charge is 0.508 e. The van der Waals surface area contributed by atoms with Gasteiger partial charge in [-0.1, -0.05) is 59.2 Å². The van der Waals surface area contributed by atoms with Gasteiger partial charge in [-0.05, 0) is 135 Å². The van der Waals surface area contributed by atoms with Crippen molar-refractivity contribution < 1.29 is 83.4 Å². The quantitative estimate of drug-likeness (QED) is 0.0182. The Morgan fingerprint density at radius 1 is 0.403 bits per heavy atom. The van der Waals surface area contributed by atoms with E-state index in [-0.39, 0.29) is 93.8 Å². The molecule has 8 N–H and O–H groups in total. The highest BCUT2D eigenvalue weighted by Crippen LogP contribution is 2.44. The number of phenols is 8. The maximum Gasteiger partial charge on any atom is 0.342 e. The first-order valence-electron chi connectivity index (χ1n) is 25.7. The molecule has 5 aromatic rings. The van der Waals surface area contributed by atoms with E-state index in [1.807, 2.05) is 39.8 Å². The molecule has 0 bridgehead atoms. The van der Waals surface area contributed by atoms with Crippen LogP contribution in [0.1, 0.15) is 155 Å². The number of hydrogen-bond donors (Lipinski definition) is 8. The first-order chi connectivity index (χ1) is 35.9. The molecule has 0 saturated heterocycles. The fourth-order valence-electron chi connectivity index (χ4n) is 10.8. The smallest absolute Gasteiger partial charge is 0.342 e. The van der Waals surface area contributed by atoms with Gasteiger partial charge < -0.3 is 64.2 Å². The van der Waals surface area contributed by atoms with Crippen LogP contribution < -0.4 is 0 Å². The molecule has 0 aromatic heterocycles. The van der Waals surface area contributed by atoms with Crippen molar-refractivity contribution in [2.24, 2.45) is 0 Å². The Balaban J connectivity index is 1.30. The topological polar surface area (TPSA) is 276 Å². The number of phenolic OH excluding ortho intramolecular Hbond substituents is 8. The van der Waals surface area contributed by atoms with Gasteiger partial charge in [0.2, 0.25) is 8.32 Å². The molecule has 5 rings (SSSR count). The van der Waals surface area contributed by atoms with E-state index in [0.29, 0.717) is 0 Å². The van der Waals surface area contributed by atoms with Crippen LogP contribution in [-0.2, 0) is 55.7 Å². The molecule has 0 heterocycles. The predicted octanol–water partition coefficient (Wildman–Crippen LogP) is 11.1. The predicted molar refractivity (Wildman–Crippen MR) is 290 cm³/mol. The Hall–Kier alpha value is -7.44. The molecular weight excluding hydrogens is 1010 g/mol. The molecule has 416 valence electrons. The van der Waals surface area contributed by atoms with E-state index < -0.39 is 102 Å². The summed E-state index contributed by atoms with van der Waals surface area (Å²) in [5.41, 5.74) is 3.57. The van der Waals surface area contributed by atoms with Crippen LogP contribution in [0.25, 0.3) is 0 Å². The molecule has 4 atom stereocenters. The van der Waals surface area contributed by atoms with Crippen molar-refractivity contribution in [3.63, 3.8) is 0 Å². The van der Waals surface area contributed by atoms with Gasteiger partial charge in [0, 0.05) is 49.6 Å². The first kappa shape index (κ1) is 60.4. The standard InChI is InChI=1S/C59H74O17Si/c1-29(2)77(30(3)4,31(5)6)76-38(13)19-42-23-46(63)27-51(67)55(42)59(71)75-37(12)18-41-22-45(62)26-50(66)54(41)58(70)74-36(11)17-40-21-44(61)25-49(65)53(40)57(69)73-35(10)16-39-20-43(60)24-48(64)52(39)56(68)72-28-47-33(8)14-32(7)15-34(47)9/h14-15,20-27,29-31,35-38,60-67H,16-19,28H2,1-13H3/t35-,36-,37-,38-/m0/s1. The second-order valence-electron chi connectivity index (χ2n) is 21.2. The zero-order valence-corrected chi connectivity index (χ0v) is 47.1. The van der Waals surface area contributed by atoms with Crippen molar-refractivity contribution in [3.05, 3.63) is 127 Å². The van der Waals surface area contributed by atoms with E-state index in [9.17, 15) is 60.0 Å². The van der Waals surface area contributed by atoms with Crippen molar-refractivity contribution in [2.45, 2.75) is 163 Å². The van der Waals surface area contributed by atoms with E-state index in [1.54, 1.807) is 0 Å². The summed E-state index contributed by atoms with van der Waals surface area (Å²) in [7, 11) is -2.37. The van der Waals surface area contributed by atoms with Gasteiger partial charge in [0.1, 0.15) is 93.2 Å². The molecule has 0 fully saturated rings. The first-order valence-corrected chi connectivity index (χ1v) is 27.8. The van der Waals surface area contributed by atoms with Crippen LogP contribution in [0.4, 0.5) is 0 Å². The molecular formula is C59H74O17Si. The summed E-state index contributed by atoms with van der Waals surface area (Å²) in [6.45, 7) is 24.8. The van der Waals surface area contributed by atoms with Crippen LogP contribution in [0.2, 0.25) is 16.6 Å². The lowest BCUT2D eigenvalue weighted by molar-refractivity contribution is 0.0324. The highest BCUT2D eigenvalue weighted by molar-refractivity contribution is 6.77. The Kier molecular flexibility index (Phi) is 19.7. The number of carbonyl (C=O) groups excluding carboxylic acids is 4. The summed E-state index contributed by atoms with van der Waals surface area (Å²) in [5.74, 6) is -7.96. The number of ether oxygens (including phenoxy) is 4. The number of esters is 4. The molecule has 0 spiro atoms. The molecule has 18 heteroatoms. The summed E-state index contributed by atoms with van der Waals surface area (Å²) in [4.78, 5) is 55.1. The summed E-state index contributed by atoms with van der Waals surface area (Å²) >= 11 is 0. The number of hydrogen-bond acceptors (Lipinski definition) is 17. The molecule has 0 radical (unpaired) electrons. The SMILES string of the molecule is Cc1cc(C)c(COC(=O)c2c(O)cc(O)cc2C[C@H](C)OC(=O)c2c(O)cc(O)cc2C[C@H](C)OC(=O)c2c(O)cc(O)cc2C[C@H](C)OC(=O)c2c(O)cc(O)cc2C[C@H](C)O[Si](C(C)C)(C(C)C)C(C)C)c(C)c1. The molecule has 0 unspecified atom stereocenters. The highest BCUT2D eigenvalue weighted by atomic mass is 28.4. The van der Waals surface area contributed by atoms with Crippen LogP contribution in [0.3, 0.4) is 0 Å². The highest BCUT2D eigenvalue weighted by Gasteiger charge is 2.46. The second kappa shape index (κ2) is 25.1. The second-order valence-corrected chi connectivity index (χ2v) is 26.6. The average Bonchev–Trinajstić information content (AvgIpc) is 3.26. The van der Waals surface area contributed by atoms with Crippen LogP contribution in [0.15, 0.2) is 60.7 Å². The van der Waals surface area contributed by atoms with Crippen LogP contribution in [-0.4, -0.2) is 97.5 Å². The number of benzene rings is 5. The van der Waals surface area contributed by atoms with Gasteiger partial charge in [-0.25, -0.2) is 19.2 Å². The minimum absolute atomic E-state index is 0.00992. The Labute approximate surface area is 450 Å². The number of rotatable bonds is 22. The summed E-state index contributed by atoms with van der Waals surface area (Å²) in [6, 6.07) is 12.7. The van der Waals surface area contributed by atoms with Crippen LogP contribution >= 0.6 is 0 Å². The third kappa shape index (κ3) is 14.5. The van der Waals surface area contributed by atoms with Gasteiger partial charge in [0.25, 0.3) is 0 Å². The van der Waals surface area contributed by atoms with Gasteiger partial charge >= 0.3 is 23.9 Å². The fraction of sp³-hybridized carbons (Fsp3) is 0.424. The molecule has 5 aromatic carbocycles. The van der Waals surface area contributed by atoms with Gasteiger partial charge in [0.05, 0.1) is 0 Å². The van der Waals surface area contributed by atoms with E-state index >= 15 is 0 Å². The third-order valence-electron chi connectivity index (χ3n) is 13.8. The summed E-state index contributed by atoms with van der Waals surface area (Å²) in [5, 5.41) is 85.7. The lowest BCUT2D eigenvalue weighted by Crippen LogP contribution is -2.50. The minimum Gasteiger partial charge on any atom is -0.508 e. The van der Waals surface area contributed by atoms with E-state index in [2.05, 4.69) is 41.5 Å². The van der Waals surface area contributed by atoms with Gasteiger partial charge in [0.15, 0.2) is 0 Å². The lowest BCUT2D eigenvalue weighted by atomic mass is 9.98. The van der Waals surface area contributed by atoms with Gasteiger partial charge in [-0.2, -0.15) is 0 Å². The maximum atomic E-state index is 13.9. The molecule has 0 amide bonds. The minimum atomic E-state index is -2.37. The maximum absolute atomic E-state index is 13.9. The van der Waals surface area contributed by atoms with Crippen LogP contribution in [0.5, 0.6) is 46.0 Å². The van der Waals surface area contributed by atoms with Crippen molar-refractivity contribution in [1.82, 2.24) is 0 Å². The van der Waals surface area contributed by atoms with Crippen molar-refractivity contribution in [2.75, 3.05) is 0 Å². The monoisotopic (exact) mass is 1080 g/mol. The fourth-order valence-corrected chi connectivity index (χ4v) is 16.4. The van der Waals surface area contributed by atoms with E-state index in [1.165, 1.54) is 39.0 Å². The van der Waals surface area contributed by atoms with Crippen molar-refractivity contribution in [1.29, 1.82) is 0 Å². The van der Waals surface area contributed by atoms with E-state index in [0.717, 1.165) is 52.6 Å². The molecule has 0 aliphatic rings. The molecule has 0 saturated carbocycles. The number of aromatic hydroxyl groups is 8. The molecule has 0 aliphatic carbocycles. The lowest BCUT2D eigenvalue weighted by Gasteiger charge is -2.44. The molecule has 77 heavy (non-hydrogen) atoms. The average molecular weight is 1080 g/mol. The Morgan fingerprint density at radius 2 is 0.675 bits per heavy atom. The summed E-state index contributed by atoms with van der Waals surface area (Å²) < 4.78 is 29.7. The normalized spacial score (nSPS) is 13.3. The van der Waals surface area contributed by atoms with Gasteiger partial charge in [-0.3, -0.25) is 0 Å². The van der Waals surface area contributed by atoms with Crippen LogP contribution in [0, 0.1) is 20.8 Å². The zero-order valence-electron chi connectivity index (χ0n) is 46.1. The Morgan fingerprint density at radius 3 is 0.961 bits per heavy atom.